The number of rotatable bonds is 12. The van der Waals surface area contributed by atoms with Crippen molar-refractivity contribution in [1.29, 1.82) is 0 Å². The second-order valence-corrected chi connectivity index (χ2v) is 19.3. The van der Waals surface area contributed by atoms with Gasteiger partial charge in [-0.05, 0) is 111 Å². The number of esters is 1. The first-order valence-electron chi connectivity index (χ1n) is 18.6. The van der Waals surface area contributed by atoms with Crippen LogP contribution in [0.3, 0.4) is 0 Å². The summed E-state index contributed by atoms with van der Waals surface area (Å²) in [6, 6.07) is 22.2. The zero-order valence-corrected chi connectivity index (χ0v) is 38.8. The molecule has 6 rings (SSSR count). The predicted molar refractivity (Wildman–Crippen MR) is 236 cm³/mol. The van der Waals surface area contributed by atoms with Crippen molar-refractivity contribution in [3.8, 4) is 0 Å². The molecule has 0 unspecified atom stereocenters. The summed E-state index contributed by atoms with van der Waals surface area (Å²) in [6.07, 6.45) is 0. The molecule has 0 bridgehead atoms. The number of aryl methyl sites for hydroxylation is 4. The molecule has 0 aliphatic carbocycles. The molecular weight excluding hydrogens is 890 g/mol. The summed E-state index contributed by atoms with van der Waals surface area (Å²) in [7, 11) is -2.95. The van der Waals surface area contributed by atoms with E-state index in [-0.39, 0.29) is 52.0 Å². The Labute approximate surface area is 387 Å². The normalized spacial score (nSPS) is 12.2. The second-order valence-electron chi connectivity index (χ2n) is 14.6. The Balaban J connectivity index is 0.000000325. The Hall–Kier alpha value is -5.12. The molecule has 2 aromatic heterocycles. The van der Waals surface area contributed by atoms with Crippen LogP contribution in [0, 0.1) is 13.8 Å². The van der Waals surface area contributed by atoms with Crippen LogP contribution in [0.25, 0.3) is 21.8 Å². The van der Waals surface area contributed by atoms with Gasteiger partial charge in [0.1, 0.15) is 11.4 Å². The number of methoxy groups -OCH3 is 1. The molecular formula is C43H45Cl2LiN4O11S2. The van der Waals surface area contributed by atoms with Crippen LogP contribution in [0.4, 0.5) is 0 Å². The number of aromatic nitrogens is 2. The van der Waals surface area contributed by atoms with Crippen LogP contribution < -0.4 is 29.5 Å². The van der Waals surface area contributed by atoms with E-state index in [0.29, 0.717) is 27.0 Å². The first-order valence-corrected chi connectivity index (χ1v) is 22.7. The number of carboxylic acids is 1. The molecule has 63 heavy (non-hydrogen) atoms. The van der Waals surface area contributed by atoms with Crippen LogP contribution >= 0.6 is 23.2 Å². The monoisotopic (exact) mass is 934 g/mol. The number of sulfone groups is 2. The SMILES string of the molecule is COC(=O)CS(=O)(=O)c1ccc([C@@H](C)NC(=O)c2cc3c(Cl)cc(C)cc3n2C)cc1.Cc1cc(Cl)c2cc(C(=O)N[C@H](C)c3ccc(S(=O)(=O)CC(=O)O)cc3)n(C)c2c1.[Li+].[OH-]. The van der Waals surface area contributed by atoms with E-state index in [1.54, 1.807) is 73.5 Å². The number of nitrogens with one attached hydrogen (secondary N) is 2. The summed E-state index contributed by atoms with van der Waals surface area (Å²) in [6.45, 7) is 7.45. The minimum atomic E-state index is -3.90. The van der Waals surface area contributed by atoms with E-state index < -0.39 is 49.2 Å². The molecule has 0 fully saturated rings. The van der Waals surface area contributed by atoms with Gasteiger partial charge in [0.05, 0.1) is 50.1 Å². The number of aliphatic carboxylic acids is 1. The van der Waals surface area contributed by atoms with Crippen molar-refractivity contribution in [2.75, 3.05) is 18.6 Å². The molecule has 2 heterocycles. The van der Waals surface area contributed by atoms with E-state index >= 15 is 0 Å². The van der Waals surface area contributed by atoms with E-state index in [1.807, 2.05) is 38.1 Å². The first kappa shape index (κ1) is 52.2. The molecule has 2 atom stereocenters. The number of benzene rings is 4. The molecule has 2 amide bonds. The number of halogens is 2. The maximum atomic E-state index is 12.9. The quantitative estimate of drug-likeness (QED) is 0.118. The summed E-state index contributed by atoms with van der Waals surface area (Å²) in [5, 5.41) is 17.3. The molecule has 15 nitrogen and oxygen atoms in total. The summed E-state index contributed by atoms with van der Waals surface area (Å²) >= 11 is 12.6. The van der Waals surface area contributed by atoms with Gasteiger partial charge in [-0.15, -0.1) is 0 Å². The van der Waals surface area contributed by atoms with Gasteiger partial charge in [-0.1, -0.05) is 47.5 Å². The van der Waals surface area contributed by atoms with Gasteiger partial charge in [-0.25, -0.2) is 16.8 Å². The average molecular weight is 936 g/mol. The van der Waals surface area contributed by atoms with E-state index in [4.69, 9.17) is 28.3 Å². The number of carboxylic acid groups (broad SMARTS) is 1. The van der Waals surface area contributed by atoms with E-state index in [0.717, 1.165) is 45.6 Å². The van der Waals surface area contributed by atoms with Crippen LogP contribution in [0.15, 0.2) is 94.7 Å². The standard InChI is InChI=1S/C22H23ClN2O5S.C21H21ClN2O5S.Li.H2O/c1-13-9-18(23)17-11-20(25(3)19(17)10-13)22(27)24-14(2)15-5-7-16(8-6-15)31(28,29)12-21(26)30-4;1-12-8-17(22)16-10-19(24(3)18(16)9-12)21(27)23-13(2)14-4-6-15(7-5-14)30(28,29)11-20(25)26;;/h5-11,14H,12H2,1-4H3,(H,24,27);4-10,13H,11H2,1-3H3,(H,23,27)(H,25,26);;1H2/q;;+1;/p-1/t14-;13-;;/m11../s1. The molecule has 0 aliphatic heterocycles. The van der Waals surface area contributed by atoms with Gasteiger partial charge in [0, 0.05) is 24.9 Å². The van der Waals surface area contributed by atoms with Gasteiger partial charge in [-0.3, -0.25) is 19.2 Å². The number of hydrogen-bond donors (Lipinski definition) is 3. The van der Waals surface area contributed by atoms with Crippen LogP contribution in [-0.2, 0) is 48.1 Å². The number of hydrogen-bond acceptors (Lipinski definition) is 10. The van der Waals surface area contributed by atoms with Crippen molar-refractivity contribution in [2.45, 2.75) is 49.6 Å². The third-order valence-corrected chi connectivity index (χ3v) is 13.8. The van der Waals surface area contributed by atoms with Gasteiger partial charge in [-0.2, -0.15) is 0 Å². The number of amides is 2. The third-order valence-electron chi connectivity index (χ3n) is 10.00. The molecule has 330 valence electrons. The maximum Gasteiger partial charge on any atom is 1.00 e. The van der Waals surface area contributed by atoms with Crippen molar-refractivity contribution in [3.05, 3.63) is 129 Å². The average Bonchev–Trinajstić information content (AvgIpc) is 3.70. The van der Waals surface area contributed by atoms with Crippen LogP contribution in [-0.4, -0.2) is 78.9 Å². The molecule has 20 heteroatoms. The molecule has 4 aromatic carbocycles. The maximum absolute atomic E-state index is 12.9. The van der Waals surface area contributed by atoms with Crippen molar-refractivity contribution in [3.63, 3.8) is 0 Å². The minimum Gasteiger partial charge on any atom is -0.870 e. The summed E-state index contributed by atoms with van der Waals surface area (Å²) < 4.78 is 56.5. The van der Waals surface area contributed by atoms with Crippen molar-refractivity contribution < 1.29 is 70.2 Å². The van der Waals surface area contributed by atoms with Crippen molar-refractivity contribution >= 4 is 88.4 Å². The van der Waals surface area contributed by atoms with E-state index in [1.165, 1.54) is 24.3 Å². The van der Waals surface area contributed by atoms with E-state index in [2.05, 4.69) is 15.4 Å². The molecule has 0 spiro atoms. The van der Waals surface area contributed by atoms with Gasteiger partial charge >= 0.3 is 30.8 Å². The molecule has 0 saturated heterocycles. The van der Waals surface area contributed by atoms with E-state index in [9.17, 15) is 36.0 Å². The first-order chi connectivity index (χ1) is 28.5. The Morgan fingerprint density at radius 3 is 1.33 bits per heavy atom. The number of nitrogens with zero attached hydrogens (tertiary/aromatic N) is 2. The van der Waals surface area contributed by atoms with Crippen molar-refractivity contribution in [2.24, 2.45) is 14.1 Å². The third kappa shape index (κ3) is 12.1. The van der Waals surface area contributed by atoms with Crippen molar-refractivity contribution in [1.82, 2.24) is 19.8 Å². The summed E-state index contributed by atoms with van der Waals surface area (Å²) in [5.41, 5.74) is 6.03. The molecule has 0 aliphatic rings. The fraction of sp³-hybridized carbons (Fsp3) is 0.256. The zero-order valence-electron chi connectivity index (χ0n) is 35.7. The number of carbonyl (C=O) groups is 4. The zero-order chi connectivity index (χ0) is 45.1. The topological polar surface area (TPSA) is 230 Å². The van der Waals surface area contributed by atoms with Gasteiger partial charge in [0.25, 0.3) is 11.8 Å². The fourth-order valence-corrected chi connectivity index (χ4v) is 9.49. The van der Waals surface area contributed by atoms with Gasteiger partial charge < -0.3 is 35.1 Å². The smallest absolute Gasteiger partial charge is 0.870 e. The molecule has 6 aromatic rings. The number of ether oxygens (including phenoxy) is 1. The number of carbonyl (C=O) groups excluding carboxylic acids is 3. The number of fused-ring (bicyclic) bond motifs is 2. The van der Waals surface area contributed by atoms with Crippen LogP contribution in [0.2, 0.25) is 10.0 Å². The van der Waals surface area contributed by atoms with Crippen LogP contribution in [0.5, 0.6) is 0 Å². The second kappa shape index (κ2) is 21.0. The van der Waals surface area contributed by atoms with Crippen LogP contribution in [0.1, 0.15) is 69.2 Å². The van der Waals surface area contributed by atoms with Gasteiger partial charge in [0.2, 0.25) is 0 Å². The largest absolute Gasteiger partial charge is 1.00 e. The fourth-order valence-electron chi connectivity index (χ4n) is 6.65. The Bertz CT molecular complexity index is 2920. The molecule has 0 saturated carbocycles. The minimum absolute atomic E-state index is 0. The molecule has 0 radical (unpaired) electrons. The Morgan fingerprint density at radius 2 is 1.00 bits per heavy atom. The van der Waals surface area contributed by atoms with Gasteiger partial charge in [0.15, 0.2) is 31.2 Å². The summed E-state index contributed by atoms with van der Waals surface area (Å²) in [5.74, 6) is -4.50. The Kier molecular flexibility index (Phi) is 17.4. The Morgan fingerprint density at radius 1 is 0.651 bits per heavy atom. The molecule has 4 N–H and O–H groups in total. The summed E-state index contributed by atoms with van der Waals surface area (Å²) in [4.78, 5) is 47.7. The predicted octanol–water partition coefficient (Wildman–Crippen LogP) is 3.89.